The van der Waals surface area contributed by atoms with Gasteiger partial charge in [0.25, 0.3) is 0 Å². The Labute approximate surface area is 99.6 Å². The van der Waals surface area contributed by atoms with Crippen molar-refractivity contribution in [3.63, 3.8) is 0 Å². The van der Waals surface area contributed by atoms with E-state index in [2.05, 4.69) is 15.2 Å². The van der Waals surface area contributed by atoms with Crippen molar-refractivity contribution in [1.29, 1.82) is 0 Å². The van der Waals surface area contributed by atoms with Crippen LogP contribution in [-0.4, -0.2) is 40.7 Å². The molecule has 1 N–H and O–H groups in total. The number of imidazole rings is 1. The first-order chi connectivity index (χ1) is 8.15. The molecule has 2 rings (SSSR count). The molecule has 1 aromatic rings. The van der Waals surface area contributed by atoms with E-state index in [1.165, 1.54) is 6.33 Å². The lowest BCUT2D eigenvalue weighted by Crippen LogP contribution is -2.38. The largest absolute Gasteiger partial charge is 0.406 e. The Morgan fingerprint density at radius 3 is 3.12 bits per heavy atom. The van der Waals surface area contributed by atoms with Crippen molar-refractivity contribution in [1.82, 2.24) is 14.9 Å². The van der Waals surface area contributed by atoms with E-state index in [9.17, 15) is 10.1 Å². The SMILES string of the molecule is CNCC1CCCN1c1c([N+](=O)[O-])ncn1C. The highest BCUT2D eigenvalue weighted by molar-refractivity contribution is 5.56. The highest BCUT2D eigenvalue weighted by atomic mass is 16.6. The van der Waals surface area contributed by atoms with Crippen LogP contribution in [0.25, 0.3) is 0 Å². The molecule has 1 atom stereocenters. The third kappa shape index (κ3) is 2.10. The molecule has 7 nitrogen and oxygen atoms in total. The summed E-state index contributed by atoms with van der Waals surface area (Å²) in [5, 5.41) is 14.1. The molecule has 1 fully saturated rings. The van der Waals surface area contributed by atoms with Gasteiger partial charge in [-0.3, -0.25) is 4.57 Å². The molecule has 0 aliphatic carbocycles. The number of rotatable bonds is 4. The van der Waals surface area contributed by atoms with E-state index in [1.807, 2.05) is 7.05 Å². The maximum absolute atomic E-state index is 10.9. The molecule has 0 spiro atoms. The van der Waals surface area contributed by atoms with Gasteiger partial charge in [0, 0.05) is 26.2 Å². The average Bonchev–Trinajstić information content (AvgIpc) is 2.85. The summed E-state index contributed by atoms with van der Waals surface area (Å²) in [7, 11) is 3.69. The third-order valence-electron chi connectivity index (χ3n) is 3.15. The first-order valence-corrected chi connectivity index (χ1v) is 5.72. The number of hydrogen-bond acceptors (Lipinski definition) is 5. The van der Waals surface area contributed by atoms with E-state index >= 15 is 0 Å². The van der Waals surface area contributed by atoms with E-state index in [-0.39, 0.29) is 5.82 Å². The van der Waals surface area contributed by atoms with Crippen LogP contribution in [0.5, 0.6) is 0 Å². The van der Waals surface area contributed by atoms with Crippen molar-refractivity contribution in [2.24, 2.45) is 7.05 Å². The van der Waals surface area contributed by atoms with Gasteiger partial charge in [0.15, 0.2) is 0 Å². The predicted octanol–water partition coefficient (Wildman–Crippen LogP) is 0.516. The lowest BCUT2D eigenvalue weighted by molar-refractivity contribution is -0.388. The summed E-state index contributed by atoms with van der Waals surface area (Å²) in [6, 6.07) is 0.314. The Morgan fingerprint density at radius 1 is 1.71 bits per heavy atom. The zero-order valence-electron chi connectivity index (χ0n) is 10.1. The van der Waals surface area contributed by atoms with Crippen LogP contribution in [0.1, 0.15) is 12.8 Å². The second-order valence-corrected chi connectivity index (χ2v) is 4.31. The van der Waals surface area contributed by atoms with Crippen LogP contribution in [-0.2, 0) is 7.05 Å². The molecule has 0 radical (unpaired) electrons. The number of nitro groups is 1. The van der Waals surface area contributed by atoms with E-state index in [1.54, 1.807) is 11.6 Å². The van der Waals surface area contributed by atoms with Crippen molar-refractivity contribution in [3.05, 3.63) is 16.4 Å². The summed E-state index contributed by atoms with van der Waals surface area (Å²) in [5.74, 6) is 0.572. The lowest BCUT2D eigenvalue weighted by atomic mass is 10.2. The molecule has 17 heavy (non-hydrogen) atoms. The Bertz CT molecular complexity index is 417. The summed E-state index contributed by atoms with van der Waals surface area (Å²) in [4.78, 5) is 16.5. The third-order valence-corrected chi connectivity index (χ3v) is 3.15. The van der Waals surface area contributed by atoms with Gasteiger partial charge < -0.3 is 20.3 Å². The molecule has 0 bridgehead atoms. The second-order valence-electron chi connectivity index (χ2n) is 4.31. The van der Waals surface area contributed by atoms with E-state index in [4.69, 9.17) is 0 Å². The quantitative estimate of drug-likeness (QED) is 0.612. The zero-order valence-corrected chi connectivity index (χ0v) is 10.1. The Kier molecular flexibility index (Phi) is 3.28. The fourth-order valence-electron chi connectivity index (χ4n) is 2.43. The van der Waals surface area contributed by atoms with Gasteiger partial charge in [-0.05, 0) is 29.8 Å². The number of nitrogens with zero attached hydrogens (tertiary/aromatic N) is 4. The first-order valence-electron chi connectivity index (χ1n) is 5.72. The van der Waals surface area contributed by atoms with Gasteiger partial charge in [-0.1, -0.05) is 0 Å². The van der Waals surface area contributed by atoms with E-state index in [0.717, 1.165) is 25.9 Å². The first kappa shape index (κ1) is 11.8. The summed E-state index contributed by atoms with van der Waals surface area (Å²) < 4.78 is 1.73. The molecule has 1 aliphatic heterocycles. The normalized spacial score (nSPS) is 19.9. The van der Waals surface area contributed by atoms with Crippen molar-refractivity contribution >= 4 is 11.6 Å². The van der Waals surface area contributed by atoms with Crippen LogP contribution < -0.4 is 10.2 Å². The molecule has 0 amide bonds. The van der Waals surface area contributed by atoms with Crippen molar-refractivity contribution in [3.8, 4) is 0 Å². The number of likely N-dealkylation sites (N-methyl/N-ethyl adjacent to an activating group) is 1. The van der Waals surface area contributed by atoms with Gasteiger partial charge in [0.05, 0.1) is 0 Å². The molecule has 1 aromatic heterocycles. The van der Waals surface area contributed by atoms with Gasteiger partial charge in [-0.25, -0.2) is 0 Å². The van der Waals surface area contributed by atoms with Crippen LogP contribution in [0, 0.1) is 10.1 Å². The number of aryl methyl sites for hydroxylation is 1. The minimum absolute atomic E-state index is 0.0458. The molecule has 2 heterocycles. The minimum Gasteiger partial charge on any atom is -0.358 e. The van der Waals surface area contributed by atoms with Gasteiger partial charge in [0.2, 0.25) is 12.1 Å². The smallest absolute Gasteiger partial charge is 0.358 e. The number of anilines is 1. The van der Waals surface area contributed by atoms with Crippen LogP contribution in [0.3, 0.4) is 0 Å². The Balaban J connectivity index is 2.32. The standard InChI is InChI=1S/C10H17N5O2/c1-11-6-8-4-3-5-14(8)10-9(15(16)17)12-7-13(10)2/h7-8,11H,3-6H2,1-2H3. The predicted molar refractivity (Wildman–Crippen MR) is 64.2 cm³/mol. The van der Waals surface area contributed by atoms with Crippen molar-refractivity contribution in [2.45, 2.75) is 18.9 Å². The van der Waals surface area contributed by atoms with Crippen LogP contribution in [0.4, 0.5) is 11.6 Å². The summed E-state index contributed by atoms with van der Waals surface area (Å²) >= 11 is 0. The second kappa shape index (κ2) is 4.70. The average molecular weight is 239 g/mol. The fourth-order valence-corrected chi connectivity index (χ4v) is 2.43. The number of nitrogens with one attached hydrogen (secondary N) is 1. The molecule has 1 unspecified atom stereocenters. The minimum atomic E-state index is -0.413. The summed E-state index contributed by atoms with van der Waals surface area (Å²) in [6.07, 6.45) is 3.63. The Hall–Kier alpha value is -1.63. The monoisotopic (exact) mass is 239 g/mol. The van der Waals surface area contributed by atoms with Crippen molar-refractivity contribution < 1.29 is 4.92 Å². The van der Waals surface area contributed by atoms with E-state index < -0.39 is 4.92 Å². The van der Waals surface area contributed by atoms with Gasteiger partial charge in [0.1, 0.15) is 0 Å². The molecule has 94 valence electrons. The molecule has 7 heteroatoms. The summed E-state index contributed by atoms with van der Waals surface area (Å²) in [5.41, 5.74) is 0. The lowest BCUT2D eigenvalue weighted by Gasteiger charge is -2.25. The maximum atomic E-state index is 10.9. The van der Waals surface area contributed by atoms with Gasteiger partial charge in [-0.15, -0.1) is 0 Å². The molecule has 1 saturated heterocycles. The zero-order chi connectivity index (χ0) is 12.4. The van der Waals surface area contributed by atoms with Crippen molar-refractivity contribution in [2.75, 3.05) is 25.0 Å². The van der Waals surface area contributed by atoms with E-state index in [0.29, 0.717) is 11.9 Å². The highest BCUT2D eigenvalue weighted by Crippen LogP contribution is 2.31. The number of hydrogen-bond donors (Lipinski definition) is 1. The van der Waals surface area contributed by atoms with Crippen LogP contribution in [0.15, 0.2) is 6.33 Å². The van der Waals surface area contributed by atoms with Gasteiger partial charge in [-0.2, -0.15) is 0 Å². The van der Waals surface area contributed by atoms with Crippen LogP contribution >= 0.6 is 0 Å². The number of aromatic nitrogens is 2. The molecular formula is C10H17N5O2. The molecule has 1 aliphatic rings. The Morgan fingerprint density at radius 2 is 2.47 bits per heavy atom. The molecular weight excluding hydrogens is 222 g/mol. The molecule has 0 aromatic carbocycles. The summed E-state index contributed by atoms with van der Waals surface area (Å²) in [6.45, 7) is 1.69. The fraction of sp³-hybridized carbons (Fsp3) is 0.700. The highest BCUT2D eigenvalue weighted by Gasteiger charge is 2.32. The molecule has 0 saturated carbocycles. The maximum Gasteiger partial charge on any atom is 0.406 e. The van der Waals surface area contributed by atoms with Gasteiger partial charge >= 0.3 is 5.82 Å². The topological polar surface area (TPSA) is 76.2 Å². The van der Waals surface area contributed by atoms with Crippen LogP contribution in [0.2, 0.25) is 0 Å².